The first-order chi connectivity index (χ1) is 12.7. The van der Waals surface area contributed by atoms with Gasteiger partial charge in [-0.05, 0) is 30.2 Å². The molecule has 3 rings (SSSR count). The summed E-state index contributed by atoms with van der Waals surface area (Å²) in [7, 11) is 0. The third-order valence-corrected chi connectivity index (χ3v) is 5.18. The lowest BCUT2D eigenvalue weighted by molar-refractivity contribution is -0.130. The van der Waals surface area contributed by atoms with E-state index in [-0.39, 0.29) is 11.9 Å². The summed E-state index contributed by atoms with van der Waals surface area (Å²) in [4.78, 5) is 25.1. The van der Waals surface area contributed by atoms with E-state index in [4.69, 9.17) is 0 Å². The Morgan fingerprint density at radius 3 is 2.42 bits per heavy atom. The first kappa shape index (κ1) is 18.8. The van der Waals surface area contributed by atoms with Crippen LogP contribution in [0.15, 0.2) is 47.2 Å². The van der Waals surface area contributed by atoms with Crippen LogP contribution in [-0.2, 0) is 4.79 Å². The molecule has 1 saturated heterocycles. The molecule has 1 fully saturated rings. The van der Waals surface area contributed by atoms with Gasteiger partial charge in [-0.25, -0.2) is 9.97 Å². The summed E-state index contributed by atoms with van der Waals surface area (Å²) in [5.74, 6) is 0.883. The van der Waals surface area contributed by atoms with Gasteiger partial charge in [0.2, 0.25) is 11.9 Å². The van der Waals surface area contributed by atoms with Crippen molar-refractivity contribution in [3.05, 3.63) is 52.8 Å². The second-order valence-electron chi connectivity index (χ2n) is 6.31. The van der Waals surface area contributed by atoms with Crippen LogP contribution in [0.5, 0.6) is 0 Å². The van der Waals surface area contributed by atoms with E-state index in [2.05, 4.69) is 55.2 Å². The fourth-order valence-corrected chi connectivity index (χ4v) is 3.39. The predicted octanol–water partition coefficient (Wildman–Crippen LogP) is 2.63. The molecule has 1 aromatic carbocycles. The number of aromatic nitrogens is 2. The van der Waals surface area contributed by atoms with Crippen molar-refractivity contribution in [1.82, 2.24) is 20.2 Å². The van der Waals surface area contributed by atoms with Gasteiger partial charge in [-0.3, -0.25) is 4.79 Å². The largest absolute Gasteiger partial charge is 0.338 e. The number of rotatable bonds is 6. The van der Waals surface area contributed by atoms with Gasteiger partial charge in [-0.2, -0.15) is 0 Å². The quantitative estimate of drug-likeness (QED) is 0.782. The molecule has 0 bridgehead atoms. The van der Waals surface area contributed by atoms with Crippen LogP contribution in [0.25, 0.3) is 0 Å². The zero-order chi connectivity index (χ0) is 18.4. The normalized spacial score (nSPS) is 15.8. The number of nitrogens with one attached hydrogen (secondary N) is 1. The first-order valence-electron chi connectivity index (χ1n) is 8.96. The second-order valence-corrected chi connectivity index (χ2v) is 7.23. The summed E-state index contributed by atoms with van der Waals surface area (Å²) < 4.78 is 1.06. The van der Waals surface area contributed by atoms with E-state index < -0.39 is 0 Å². The van der Waals surface area contributed by atoms with Crippen molar-refractivity contribution in [2.75, 3.05) is 37.6 Å². The number of amides is 1. The van der Waals surface area contributed by atoms with Crippen LogP contribution in [0.1, 0.15) is 24.9 Å². The van der Waals surface area contributed by atoms with Crippen molar-refractivity contribution in [2.24, 2.45) is 0 Å². The highest BCUT2D eigenvalue weighted by Gasteiger charge is 2.22. The molecule has 2 aromatic rings. The van der Waals surface area contributed by atoms with Crippen LogP contribution in [-0.4, -0.2) is 53.5 Å². The topological polar surface area (TPSA) is 61.4 Å². The highest BCUT2D eigenvalue weighted by Crippen LogP contribution is 2.19. The lowest BCUT2D eigenvalue weighted by Gasteiger charge is -2.35. The minimum atomic E-state index is 0.147. The molecule has 0 radical (unpaired) electrons. The summed E-state index contributed by atoms with van der Waals surface area (Å²) in [6.07, 6.45) is 4.43. The van der Waals surface area contributed by atoms with E-state index in [1.165, 1.54) is 5.56 Å². The maximum absolute atomic E-state index is 12.6. The number of piperazine rings is 1. The van der Waals surface area contributed by atoms with Crippen molar-refractivity contribution in [3.8, 4) is 0 Å². The number of carbonyl (C=O) groups is 1. The van der Waals surface area contributed by atoms with Crippen molar-refractivity contribution in [3.63, 3.8) is 0 Å². The fourth-order valence-electron chi connectivity index (χ4n) is 3.13. The average Bonchev–Trinajstić information content (AvgIpc) is 2.70. The van der Waals surface area contributed by atoms with Gasteiger partial charge >= 0.3 is 0 Å². The Labute approximate surface area is 162 Å². The van der Waals surface area contributed by atoms with E-state index in [0.29, 0.717) is 19.6 Å². The van der Waals surface area contributed by atoms with Gasteiger partial charge in [0, 0.05) is 49.1 Å². The molecule has 0 unspecified atom stereocenters. The lowest BCUT2D eigenvalue weighted by Crippen LogP contribution is -2.51. The molecule has 2 heterocycles. The maximum Gasteiger partial charge on any atom is 0.236 e. The van der Waals surface area contributed by atoms with Crippen molar-refractivity contribution >= 4 is 27.8 Å². The van der Waals surface area contributed by atoms with Gasteiger partial charge in [-0.15, -0.1) is 0 Å². The number of carbonyl (C=O) groups excluding carboxylic acids is 1. The molecular weight excluding hydrogens is 394 g/mol. The van der Waals surface area contributed by atoms with Gasteiger partial charge < -0.3 is 15.1 Å². The molecule has 6 nitrogen and oxygen atoms in total. The highest BCUT2D eigenvalue weighted by atomic mass is 79.9. The number of nitrogens with zero attached hydrogens (tertiary/aromatic N) is 4. The Bertz CT molecular complexity index is 702. The minimum Gasteiger partial charge on any atom is -0.338 e. The number of anilines is 1. The Kier molecular flexibility index (Phi) is 6.57. The summed E-state index contributed by atoms with van der Waals surface area (Å²) in [6, 6.07) is 10.2. The number of benzene rings is 1. The van der Waals surface area contributed by atoms with Gasteiger partial charge in [-0.1, -0.05) is 35.0 Å². The van der Waals surface area contributed by atoms with Crippen LogP contribution in [0.2, 0.25) is 0 Å². The molecule has 1 atom stereocenters. The van der Waals surface area contributed by atoms with Crippen molar-refractivity contribution < 1.29 is 4.79 Å². The molecule has 1 amide bonds. The molecule has 0 saturated carbocycles. The van der Waals surface area contributed by atoms with Crippen LogP contribution in [0.4, 0.5) is 5.95 Å². The predicted molar refractivity (Wildman–Crippen MR) is 106 cm³/mol. The monoisotopic (exact) mass is 417 g/mol. The van der Waals surface area contributed by atoms with E-state index in [0.717, 1.165) is 29.9 Å². The van der Waals surface area contributed by atoms with Gasteiger partial charge in [0.1, 0.15) is 0 Å². The lowest BCUT2D eigenvalue weighted by atomic mass is 10.0. The summed E-state index contributed by atoms with van der Waals surface area (Å²) in [5, 5.41) is 3.40. The van der Waals surface area contributed by atoms with Gasteiger partial charge in [0.15, 0.2) is 0 Å². The molecule has 0 aliphatic carbocycles. The standard InChI is InChI=1S/C19H24BrN5O/c1-2-17(15-4-6-16(20)7-5-15)23-14-18(26)24-10-12-25(13-11-24)19-21-8-3-9-22-19/h3-9,17,23H,2,10-14H2,1H3/t17-/m1/s1. The SMILES string of the molecule is CC[C@@H](NCC(=O)N1CCN(c2ncccn2)CC1)c1ccc(Br)cc1. The van der Waals surface area contributed by atoms with Crippen molar-refractivity contribution in [1.29, 1.82) is 0 Å². The van der Waals surface area contributed by atoms with Crippen LogP contribution in [0.3, 0.4) is 0 Å². The first-order valence-corrected chi connectivity index (χ1v) is 9.75. The molecule has 7 heteroatoms. The molecule has 1 aromatic heterocycles. The number of hydrogen-bond acceptors (Lipinski definition) is 5. The zero-order valence-electron chi connectivity index (χ0n) is 14.9. The van der Waals surface area contributed by atoms with E-state index in [9.17, 15) is 4.79 Å². The molecule has 138 valence electrons. The highest BCUT2D eigenvalue weighted by molar-refractivity contribution is 9.10. The van der Waals surface area contributed by atoms with Gasteiger partial charge in [0.05, 0.1) is 6.54 Å². The fraction of sp³-hybridized carbons (Fsp3) is 0.421. The maximum atomic E-state index is 12.6. The molecule has 1 N–H and O–H groups in total. The summed E-state index contributed by atoms with van der Waals surface area (Å²) in [5.41, 5.74) is 1.20. The van der Waals surface area contributed by atoms with E-state index >= 15 is 0 Å². The smallest absolute Gasteiger partial charge is 0.236 e. The summed E-state index contributed by atoms with van der Waals surface area (Å²) >= 11 is 3.46. The Morgan fingerprint density at radius 2 is 1.81 bits per heavy atom. The van der Waals surface area contributed by atoms with Crippen LogP contribution >= 0.6 is 15.9 Å². The second kappa shape index (κ2) is 9.09. The van der Waals surface area contributed by atoms with Gasteiger partial charge in [0.25, 0.3) is 0 Å². The van der Waals surface area contributed by atoms with E-state index in [1.807, 2.05) is 23.1 Å². The average molecular weight is 418 g/mol. The zero-order valence-corrected chi connectivity index (χ0v) is 16.5. The molecule has 26 heavy (non-hydrogen) atoms. The third kappa shape index (κ3) is 4.80. The third-order valence-electron chi connectivity index (χ3n) is 4.65. The van der Waals surface area contributed by atoms with Crippen molar-refractivity contribution in [2.45, 2.75) is 19.4 Å². The molecular formula is C19H24BrN5O. The summed E-state index contributed by atoms with van der Waals surface area (Å²) in [6.45, 7) is 5.42. The Hall–Kier alpha value is -1.99. The molecule has 1 aliphatic heterocycles. The minimum absolute atomic E-state index is 0.147. The van der Waals surface area contributed by atoms with Crippen LogP contribution in [0, 0.1) is 0 Å². The molecule has 1 aliphatic rings. The molecule has 0 spiro atoms. The number of halogens is 1. The van der Waals surface area contributed by atoms with E-state index in [1.54, 1.807) is 12.4 Å². The number of hydrogen-bond donors (Lipinski definition) is 1. The Morgan fingerprint density at radius 1 is 1.15 bits per heavy atom. The Balaban J connectivity index is 1.48. The van der Waals surface area contributed by atoms with Crippen LogP contribution < -0.4 is 10.2 Å².